The summed E-state index contributed by atoms with van der Waals surface area (Å²) in [6.45, 7) is 5.32. The van der Waals surface area contributed by atoms with Crippen LogP contribution >= 0.6 is 11.8 Å². The molecule has 0 radical (unpaired) electrons. The van der Waals surface area contributed by atoms with E-state index in [0.717, 1.165) is 41.7 Å². The molecule has 0 spiro atoms. The fourth-order valence-electron chi connectivity index (χ4n) is 3.24. The molecule has 1 saturated heterocycles. The second-order valence-corrected chi connectivity index (χ2v) is 7.94. The minimum absolute atomic E-state index is 0.0302. The number of aromatic nitrogens is 4. The standard InChI is InChI=1S/C20H23N5O2S/c1-13-5-7-15(8-6-13)25-19-17(11-22-25)14(2)23-24-20(19)28-12-18(26)21-10-16-4-3-9-27-16/h5-8,11,16H,3-4,9-10,12H2,1-2H3,(H,21,26)/t16-/m0/s1. The molecule has 0 saturated carbocycles. The van der Waals surface area contributed by atoms with Gasteiger partial charge in [-0.3, -0.25) is 4.79 Å². The van der Waals surface area contributed by atoms with E-state index in [4.69, 9.17) is 4.74 Å². The molecule has 28 heavy (non-hydrogen) atoms. The fourth-order valence-corrected chi connectivity index (χ4v) is 4.04. The van der Waals surface area contributed by atoms with Gasteiger partial charge in [-0.2, -0.15) is 10.2 Å². The van der Waals surface area contributed by atoms with Gasteiger partial charge in [0.05, 0.1) is 29.4 Å². The van der Waals surface area contributed by atoms with Crippen molar-refractivity contribution in [2.45, 2.75) is 37.8 Å². The molecule has 146 valence electrons. The molecule has 0 unspecified atom stereocenters. The van der Waals surface area contributed by atoms with Crippen LogP contribution in [0.5, 0.6) is 0 Å². The molecule has 1 amide bonds. The maximum absolute atomic E-state index is 12.2. The summed E-state index contributed by atoms with van der Waals surface area (Å²) in [6.07, 6.45) is 4.02. The number of aryl methyl sites for hydroxylation is 2. The molecule has 2 aromatic heterocycles. The van der Waals surface area contributed by atoms with Gasteiger partial charge >= 0.3 is 0 Å². The number of carbonyl (C=O) groups excluding carboxylic acids is 1. The summed E-state index contributed by atoms with van der Waals surface area (Å²) < 4.78 is 7.41. The minimum atomic E-state index is -0.0302. The van der Waals surface area contributed by atoms with E-state index in [1.54, 1.807) is 6.20 Å². The number of rotatable bonds is 6. The Bertz CT molecular complexity index is 980. The number of thioether (sulfide) groups is 1. The van der Waals surface area contributed by atoms with Crippen LogP contribution in [0.1, 0.15) is 24.1 Å². The fraction of sp³-hybridized carbons (Fsp3) is 0.400. The van der Waals surface area contributed by atoms with Crippen molar-refractivity contribution in [2.75, 3.05) is 18.9 Å². The van der Waals surface area contributed by atoms with E-state index in [0.29, 0.717) is 11.6 Å². The first kappa shape index (κ1) is 18.9. The Balaban J connectivity index is 1.53. The Hall–Kier alpha value is -2.45. The van der Waals surface area contributed by atoms with Gasteiger partial charge in [-0.1, -0.05) is 29.5 Å². The third kappa shape index (κ3) is 4.02. The van der Waals surface area contributed by atoms with Crippen molar-refractivity contribution in [3.8, 4) is 5.69 Å². The molecule has 0 aliphatic carbocycles. The lowest BCUT2D eigenvalue weighted by Gasteiger charge is -2.11. The lowest BCUT2D eigenvalue weighted by atomic mass is 10.2. The number of carbonyl (C=O) groups is 1. The van der Waals surface area contributed by atoms with Crippen LogP contribution in [0.25, 0.3) is 16.6 Å². The van der Waals surface area contributed by atoms with Gasteiger partial charge < -0.3 is 10.1 Å². The zero-order valence-electron chi connectivity index (χ0n) is 16.0. The second-order valence-electron chi connectivity index (χ2n) is 6.97. The zero-order chi connectivity index (χ0) is 19.5. The lowest BCUT2D eigenvalue weighted by Crippen LogP contribution is -2.32. The number of benzene rings is 1. The van der Waals surface area contributed by atoms with Crippen molar-refractivity contribution in [3.63, 3.8) is 0 Å². The van der Waals surface area contributed by atoms with Crippen molar-refractivity contribution in [3.05, 3.63) is 41.7 Å². The molecule has 3 aromatic rings. The smallest absolute Gasteiger partial charge is 0.230 e. The highest BCUT2D eigenvalue weighted by atomic mass is 32.2. The van der Waals surface area contributed by atoms with Crippen molar-refractivity contribution in [1.82, 2.24) is 25.3 Å². The molecule has 1 aliphatic heterocycles. The quantitative estimate of drug-likeness (QED) is 0.644. The molecule has 7 nitrogen and oxygen atoms in total. The van der Waals surface area contributed by atoms with Gasteiger partial charge in [0, 0.05) is 18.5 Å². The first-order chi connectivity index (χ1) is 13.6. The van der Waals surface area contributed by atoms with E-state index in [1.807, 2.05) is 23.7 Å². The Morgan fingerprint density at radius 2 is 2.11 bits per heavy atom. The number of fused-ring (bicyclic) bond motifs is 1. The summed E-state index contributed by atoms with van der Waals surface area (Å²) in [4.78, 5) is 12.2. The number of nitrogens with zero attached hydrogens (tertiary/aromatic N) is 4. The van der Waals surface area contributed by atoms with Gasteiger partial charge in [-0.25, -0.2) is 4.68 Å². The van der Waals surface area contributed by atoms with Crippen molar-refractivity contribution < 1.29 is 9.53 Å². The van der Waals surface area contributed by atoms with Crippen molar-refractivity contribution >= 4 is 28.6 Å². The zero-order valence-corrected chi connectivity index (χ0v) is 16.8. The summed E-state index contributed by atoms with van der Waals surface area (Å²) in [6, 6.07) is 8.16. The molecule has 0 bridgehead atoms. The highest BCUT2D eigenvalue weighted by molar-refractivity contribution is 8.00. The monoisotopic (exact) mass is 397 g/mol. The number of hydrogen-bond acceptors (Lipinski definition) is 6. The van der Waals surface area contributed by atoms with Crippen molar-refractivity contribution in [2.24, 2.45) is 0 Å². The molecule has 1 aliphatic rings. The minimum Gasteiger partial charge on any atom is -0.376 e. The summed E-state index contributed by atoms with van der Waals surface area (Å²) in [5.41, 5.74) is 3.85. The Morgan fingerprint density at radius 1 is 1.29 bits per heavy atom. The third-order valence-corrected chi connectivity index (χ3v) is 5.78. The molecule has 1 atom stereocenters. The van der Waals surface area contributed by atoms with Crippen molar-refractivity contribution in [1.29, 1.82) is 0 Å². The molecular weight excluding hydrogens is 374 g/mol. The van der Waals surface area contributed by atoms with Gasteiger partial charge in [-0.15, -0.1) is 5.10 Å². The molecule has 3 heterocycles. The topological polar surface area (TPSA) is 81.9 Å². The van der Waals surface area contributed by atoms with E-state index in [9.17, 15) is 4.79 Å². The average molecular weight is 398 g/mol. The predicted octanol–water partition coefficient (Wildman–Crippen LogP) is 2.82. The van der Waals surface area contributed by atoms with Crippen LogP contribution in [-0.4, -0.2) is 50.9 Å². The Kier molecular flexibility index (Phi) is 5.59. The SMILES string of the molecule is Cc1ccc(-n2ncc3c(C)nnc(SCC(=O)NC[C@@H]4CCCO4)c32)cc1. The summed E-state index contributed by atoms with van der Waals surface area (Å²) >= 11 is 1.38. The Labute approximate surface area is 167 Å². The van der Waals surface area contributed by atoms with Gasteiger partial charge in [0.25, 0.3) is 0 Å². The number of ether oxygens (including phenoxy) is 1. The summed E-state index contributed by atoms with van der Waals surface area (Å²) in [5, 5.41) is 17.7. The molecule has 8 heteroatoms. The summed E-state index contributed by atoms with van der Waals surface area (Å²) in [7, 11) is 0. The van der Waals surface area contributed by atoms with E-state index in [1.165, 1.54) is 17.3 Å². The number of nitrogens with one attached hydrogen (secondary N) is 1. The van der Waals surface area contributed by atoms with Crippen LogP contribution in [-0.2, 0) is 9.53 Å². The van der Waals surface area contributed by atoms with Gasteiger partial charge in [0.15, 0.2) is 0 Å². The van der Waals surface area contributed by atoms with Gasteiger partial charge in [-0.05, 0) is 38.8 Å². The lowest BCUT2D eigenvalue weighted by molar-refractivity contribution is -0.119. The first-order valence-corrected chi connectivity index (χ1v) is 10.4. The molecular formula is C20H23N5O2S. The van der Waals surface area contributed by atoms with Gasteiger partial charge in [0.2, 0.25) is 5.91 Å². The first-order valence-electron chi connectivity index (χ1n) is 9.41. The van der Waals surface area contributed by atoms with Crippen LogP contribution in [0.3, 0.4) is 0 Å². The van der Waals surface area contributed by atoms with E-state index >= 15 is 0 Å². The van der Waals surface area contributed by atoms with Crippen LogP contribution in [0, 0.1) is 13.8 Å². The molecule has 1 fully saturated rings. The second kappa shape index (κ2) is 8.28. The average Bonchev–Trinajstić information content (AvgIpc) is 3.37. The van der Waals surface area contributed by atoms with E-state index < -0.39 is 0 Å². The molecule has 1 N–H and O–H groups in total. The van der Waals surface area contributed by atoms with Crippen LogP contribution < -0.4 is 5.32 Å². The van der Waals surface area contributed by atoms with E-state index in [-0.39, 0.29) is 17.8 Å². The van der Waals surface area contributed by atoms with E-state index in [2.05, 4.69) is 39.7 Å². The maximum atomic E-state index is 12.2. The Morgan fingerprint density at radius 3 is 2.86 bits per heavy atom. The highest BCUT2D eigenvalue weighted by Crippen LogP contribution is 2.28. The van der Waals surface area contributed by atoms with Crippen LogP contribution in [0.2, 0.25) is 0 Å². The summed E-state index contributed by atoms with van der Waals surface area (Å²) in [5.74, 6) is 0.246. The highest BCUT2D eigenvalue weighted by Gasteiger charge is 2.18. The maximum Gasteiger partial charge on any atom is 0.230 e. The number of hydrogen-bond donors (Lipinski definition) is 1. The third-order valence-electron chi connectivity index (χ3n) is 4.82. The van der Waals surface area contributed by atoms with Gasteiger partial charge in [0.1, 0.15) is 10.5 Å². The normalized spacial score (nSPS) is 16.6. The predicted molar refractivity (Wildman–Crippen MR) is 109 cm³/mol. The van der Waals surface area contributed by atoms with Crippen LogP contribution in [0.4, 0.5) is 0 Å². The van der Waals surface area contributed by atoms with Crippen LogP contribution in [0.15, 0.2) is 35.5 Å². The number of amides is 1. The molecule has 1 aromatic carbocycles. The largest absolute Gasteiger partial charge is 0.376 e. The molecule has 4 rings (SSSR count).